The van der Waals surface area contributed by atoms with Crippen LogP contribution in [0.2, 0.25) is 0 Å². The van der Waals surface area contributed by atoms with Crippen LogP contribution in [0.4, 0.5) is 5.69 Å². The molecule has 0 saturated heterocycles. The maximum absolute atomic E-state index is 12.5. The fraction of sp³-hybridized carbons (Fsp3) is 0.0909. The van der Waals surface area contributed by atoms with Crippen LogP contribution in [-0.4, -0.2) is 11.7 Å². The monoisotopic (exact) mass is 329 g/mol. The molecule has 0 bridgehead atoms. The summed E-state index contributed by atoms with van der Waals surface area (Å²) in [7, 11) is 0. The van der Waals surface area contributed by atoms with E-state index in [0.717, 1.165) is 11.1 Å². The zero-order valence-electron chi connectivity index (χ0n) is 14.2. The SMILES string of the molecule is Cc1ccc(C(=O)Nc2cccc(C(=O)c3ccccc3)c2)c(C)c1. The van der Waals surface area contributed by atoms with E-state index in [9.17, 15) is 9.59 Å². The summed E-state index contributed by atoms with van der Waals surface area (Å²) >= 11 is 0. The number of anilines is 1. The highest BCUT2D eigenvalue weighted by Crippen LogP contribution is 2.17. The summed E-state index contributed by atoms with van der Waals surface area (Å²) in [6, 6.07) is 21.8. The predicted molar refractivity (Wildman–Crippen MR) is 100 cm³/mol. The standard InChI is InChI=1S/C22H19NO2/c1-15-11-12-20(16(2)13-15)22(25)23-19-10-6-9-18(14-19)21(24)17-7-4-3-5-8-17/h3-14H,1-2H3,(H,23,25). The van der Waals surface area contributed by atoms with E-state index < -0.39 is 0 Å². The molecule has 3 aromatic rings. The largest absolute Gasteiger partial charge is 0.322 e. The van der Waals surface area contributed by atoms with Gasteiger partial charge in [0.15, 0.2) is 5.78 Å². The van der Waals surface area contributed by atoms with Gasteiger partial charge < -0.3 is 5.32 Å². The summed E-state index contributed by atoms with van der Waals surface area (Å²) in [6.45, 7) is 3.91. The van der Waals surface area contributed by atoms with Gasteiger partial charge in [-0.3, -0.25) is 9.59 Å². The van der Waals surface area contributed by atoms with E-state index in [1.165, 1.54) is 0 Å². The van der Waals surface area contributed by atoms with Crippen LogP contribution in [0, 0.1) is 13.8 Å². The highest BCUT2D eigenvalue weighted by Gasteiger charge is 2.12. The molecular formula is C22H19NO2. The first kappa shape index (κ1) is 16.7. The Balaban J connectivity index is 1.82. The number of ketones is 1. The Morgan fingerprint density at radius 2 is 1.48 bits per heavy atom. The van der Waals surface area contributed by atoms with E-state index in [2.05, 4.69) is 5.32 Å². The van der Waals surface area contributed by atoms with E-state index in [-0.39, 0.29) is 11.7 Å². The van der Waals surface area contributed by atoms with E-state index in [1.54, 1.807) is 36.4 Å². The van der Waals surface area contributed by atoms with Gasteiger partial charge in [-0.2, -0.15) is 0 Å². The second-order valence-electron chi connectivity index (χ2n) is 6.05. The molecule has 0 spiro atoms. The van der Waals surface area contributed by atoms with Crippen LogP contribution in [0.5, 0.6) is 0 Å². The lowest BCUT2D eigenvalue weighted by atomic mass is 10.0. The van der Waals surface area contributed by atoms with Gasteiger partial charge in [0.2, 0.25) is 0 Å². The topological polar surface area (TPSA) is 46.2 Å². The molecule has 124 valence electrons. The zero-order valence-corrected chi connectivity index (χ0v) is 14.2. The number of nitrogens with one attached hydrogen (secondary N) is 1. The van der Waals surface area contributed by atoms with Gasteiger partial charge in [0.25, 0.3) is 5.91 Å². The highest BCUT2D eigenvalue weighted by molar-refractivity contribution is 6.10. The third-order valence-electron chi connectivity index (χ3n) is 4.05. The normalized spacial score (nSPS) is 10.3. The maximum atomic E-state index is 12.5. The van der Waals surface area contributed by atoms with Gasteiger partial charge in [-0.15, -0.1) is 0 Å². The number of benzene rings is 3. The number of hydrogen-bond acceptors (Lipinski definition) is 2. The molecule has 0 radical (unpaired) electrons. The minimum atomic E-state index is -0.179. The van der Waals surface area contributed by atoms with Crippen molar-refractivity contribution in [2.24, 2.45) is 0 Å². The predicted octanol–water partition coefficient (Wildman–Crippen LogP) is 4.79. The van der Waals surface area contributed by atoms with Crippen molar-refractivity contribution in [3.63, 3.8) is 0 Å². The quantitative estimate of drug-likeness (QED) is 0.700. The van der Waals surface area contributed by atoms with Crippen molar-refractivity contribution in [1.29, 1.82) is 0 Å². The van der Waals surface area contributed by atoms with Crippen molar-refractivity contribution in [3.05, 3.63) is 101 Å². The van der Waals surface area contributed by atoms with Crippen molar-refractivity contribution in [1.82, 2.24) is 0 Å². The molecule has 1 N–H and O–H groups in total. The molecule has 0 aliphatic carbocycles. The zero-order chi connectivity index (χ0) is 17.8. The summed E-state index contributed by atoms with van der Waals surface area (Å²) in [5.41, 5.74) is 4.45. The minimum absolute atomic E-state index is 0.0665. The Morgan fingerprint density at radius 3 is 2.20 bits per heavy atom. The molecule has 0 aliphatic rings. The van der Waals surface area contributed by atoms with Crippen molar-refractivity contribution >= 4 is 17.4 Å². The summed E-state index contributed by atoms with van der Waals surface area (Å²) < 4.78 is 0. The summed E-state index contributed by atoms with van der Waals surface area (Å²) in [5.74, 6) is -0.245. The number of amides is 1. The van der Waals surface area contributed by atoms with Crippen molar-refractivity contribution in [2.75, 3.05) is 5.32 Å². The van der Waals surface area contributed by atoms with Crippen molar-refractivity contribution in [3.8, 4) is 0 Å². The van der Waals surface area contributed by atoms with Gasteiger partial charge >= 0.3 is 0 Å². The van der Waals surface area contributed by atoms with Crippen LogP contribution in [0.15, 0.2) is 72.8 Å². The van der Waals surface area contributed by atoms with Gasteiger partial charge in [0, 0.05) is 22.4 Å². The van der Waals surface area contributed by atoms with Crippen LogP contribution in [-0.2, 0) is 0 Å². The molecule has 0 saturated carbocycles. The molecule has 1 amide bonds. The molecule has 3 nitrogen and oxygen atoms in total. The summed E-state index contributed by atoms with van der Waals surface area (Å²) in [4.78, 5) is 25.0. The van der Waals surface area contributed by atoms with Crippen molar-refractivity contribution in [2.45, 2.75) is 13.8 Å². The molecule has 0 aromatic heterocycles. The van der Waals surface area contributed by atoms with E-state index >= 15 is 0 Å². The summed E-state index contributed by atoms with van der Waals surface area (Å²) in [6.07, 6.45) is 0. The molecular weight excluding hydrogens is 310 g/mol. The molecule has 0 heterocycles. The van der Waals surface area contributed by atoms with Crippen LogP contribution in [0.1, 0.15) is 37.4 Å². The van der Waals surface area contributed by atoms with Crippen LogP contribution in [0.25, 0.3) is 0 Å². The van der Waals surface area contributed by atoms with Gasteiger partial charge in [0.1, 0.15) is 0 Å². The number of rotatable bonds is 4. The molecule has 25 heavy (non-hydrogen) atoms. The minimum Gasteiger partial charge on any atom is -0.322 e. The highest BCUT2D eigenvalue weighted by atomic mass is 16.1. The molecule has 3 heteroatoms. The van der Waals surface area contributed by atoms with Crippen LogP contribution in [0.3, 0.4) is 0 Å². The molecule has 0 aliphatic heterocycles. The fourth-order valence-corrected chi connectivity index (χ4v) is 2.76. The third kappa shape index (κ3) is 3.83. The molecule has 0 atom stereocenters. The average Bonchev–Trinajstić information content (AvgIpc) is 2.62. The number of carbonyl (C=O) groups is 2. The lowest BCUT2D eigenvalue weighted by molar-refractivity contribution is 0.102. The van der Waals surface area contributed by atoms with Crippen LogP contribution < -0.4 is 5.32 Å². The summed E-state index contributed by atoms with van der Waals surface area (Å²) in [5, 5.41) is 2.87. The molecule has 3 rings (SSSR count). The first-order chi connectivity index (χ1) is 12.0. The number of hydrogen-bond donors (Lipinski definition) is 1. The van der Waals surface area contributed by atoms with Gasteiger partial charge in [-0.05, 0) is 37.6 Å². The smallest absolute Gasteiger partial charge is 0.255 e. The number of carbonyl (C=O) groups excluding carboxylic acids is 2. The first-order valence-corrected chi connectivity index (χ1v) is 8.13. The Labute approximate surface area is 147 Å². The third-order valence-corrected chi connectivity index (χ3v) is 4.05. The second-order valence-corrected chi connectivity index (χ2v) is 6.05. The lowest BCUT2D eigenvalue weighted by Crippen LogP contribution is -2.14. The fourth-order valence-electron chi connectivity index (χ4n) is 2.76. The van der Waals surface area contributed by atoms with Crippen LogP contribution >= 0.6 is 0 Å². The van der Waals surface area contributed by atoms with E-state index in [1.807, 2.05) is 50.2 Å². The van der Waals surface area contributed by atoms with E-state index in [0.29, 0.717) is 22.4 Å². The average molecular weight is 329 g/mol. The maximum Gasteiger partial charge on any atom is 0.255 e. The Morgan fingerprint density at radius 1 is 0.760 bits per heavy atom. The Kier molecular flexibility index (Phi) is 4.75. The lowest BCUT2D eigenvalue weighted by Gasteiger charge is -2.09. The van der Waals surface area contributed by atoms with Gasteiger partial charge in [-0.1, -0.05) is 60.2 Å². The Hall–Kier alpha value is -3.20. The van der Waals surface area contributed by atoms with Gasteiger partial charge in [0.05, 0.1) is 0 Å². The molecule has 0 fully saturated rings. The molecule has 0 unspecified atom stereocenters. The number of aryl methyl sites for hydroxylation is 2. The van der Waals surface area contributed by atoms with Crippen molar-refractivity contribution < 1.29 is 9.59 Å². The van der Waals surface area contributed by atoms with E-state index in [4.69, 9.17) is 0 Å². The first-order valence-electron chi connectivity index (χ1n) is 8.13. The second kappa shape index (κ2) is 7.14. The molecule has 3 aromatic carbocycles. The Bertz CT molecular complexity index is 930. The van der Waals surface area contributed by atoms with Gasteiger partial charge in [-0.25, -0.2) is 0 Å².